The number of morpholine rings is 1. The summed E-state index contributed by atoms with van der Waals surface area (Å²) < 4.78 is 32.7. The van der Waals surface area contributed by atoms with E-state index in [0.717, 1.165) is 104 Å². The predicted molar refractivity (Wildman–Crippen MR) is 218 cm³/mol. The van der Waals surface area contributed by atoms with Crippen molar-refractivity contribution >= 4 is 34.2 Å². The number of benzene rings is 3. The predicted octanol–water partition coefficient (Wildman–Crippen LogP) is 7.33. The molecule has 1 amide bonds. The Bertz CT molecular complexity index is 1890. The van der Waals surface area contributed by atoms with Gasteiger partial charge in [-0.05, 0) is 111 Å². The number of hydrogen-bond donors (Lipinski definition) is 1. The van der Waals surface area contributed by atoms with Gasteiger partial charge in [0.1, 0.15) is 12.4 Å². The minimum Gasteiger partial charge on any atom is -0.491 e. The normalized spacial score (nSPS) is 16.9. The van der Waals surface area contributed by atoms with Gasteiger partial charge < -0.3 is 29.0 Å². The number of rotatable bonds is 16. The topological polar surface area (TPSA) is 98.2 Å². The second kappa shape index (κ2) is 19.3. The van der Waals surface area contributed by atoms with Crippen molar-refractivity contribution in [3.8, 4) is 16.9 Å². The number of fused-ring (bicyclic) bond motifs is 1. The van der Waals surface area contributed by atoms with Crippen LogP contribution in [0, 0.1) is 6.92 Å². The number of carbonyl (C=O) groups excluding carboxylic acids is 1. The van der Waals surface area contributed by atoms with Crippen LogP contribution in [0.4, 0.5) is 11.4 Å². The van der Waals surface area contributed by atoms with Crippen LogP contribution in [-0.4, -0.2) is 90.3 Å². The van der Waals surface area contributed by atoms with Crippen molar-refractivity contribution < 1.29 is 23.2 Å². The van der Waals surface area contributed by atoms with Gasteiger partial charge >= 0.3 is 0 Å². The summed E-state index contributed by atoms with van der Waals surface area (Å²) in [5.74, 6) is 1.08. The third-order valence-electron chi connectivity index (χ3n) is 10.3. The zero-order valence-electron chi connectivity index (χ0n) is 32.2. The Hall–Kier alpha value is -4.29. The summed E-state index contributed by atoms with van der Waals surface area (Å²) in [5.41, 5.74) is 7.54. The maximum Gasteiger partial charge on any atom is 0.251 e. The lowest BCUT2D eigenvalue weighted by Gasteiger charge is -2.38. The second-order valence-corrected chi connectivity index (χ2v) is 15.5. The van der Waals surface area contributed by atoms with E-state index in [9.17, 15) is 9.00 Å². The Morgan fingerprint density at radius 3 is 2.56 bits per heavy atom. The fourth-order valence-corrected chi connectivity index (χ4v) is 8.15. The zero-order valence-corrected chi connectivity index (χ0v) is 33.0. The number of hydrogen-bond acceptors (Lipinski definition) is 8. The molecule has 288 valence electrons. The molecule has 0 radical (unpaired) electrons. The van der Waals surface area contributed by atoms with Crippen LogP contribution in [0.1, 0.15) is 56.5 Å². The molecule has 1 aromatic heterocycles. The molecule has 1 fully saturated rings. The van der Waals surface area contributed by atoms with Crippen LogP contribution in [0.5, 0.6) is 5.75 Å². The number of amides is 1. The van der Waals surface area contributed by atoms with Crippen molar-refractivity contribution in [1.29, 1.82) is 0 Å². The molecular formula is C43H55N5O5S. The summed E-state index contributed by atoms with van der Waals surface area (Å²) in [6, 6.07) is 22.3. The molecule has 54 heavy (non-hydrogen) atoms. The Labute approximate surface area is 323 Å². The Morgan fingerprint density at radius 2 is 1.80 bits per heavy atom. The van der Waals surface area contributed by atoms with E-state index >= 15 is 0 Å². The number of aryl methyl sites for hydroxylation is 2. The van der Waals surface area contributed by atoms with Crippen LogP contribution < -0.4 is 15.0 Å². The molecule has 2 aliphatic heterocycles. The maximum absolute atomic E-state index is 13.9. The molecule has 0 bridgehead atoms. The third kappa shape index (κ3) is 10.3. The number of aromatic nitrogens is 2. The van der Waals surface area contributed by atoms with E-state index < -0.39 is 10.8 Å². The van der Waals surface area contributed by atoms with Gasteiger partial charge in [-0.1, -0.05) is 31.5 Å². The number of imidazole rings is 1. The number of unbranched alkanes of at least 4 members (excludes halogenated alkanes) is 1. The number of nitrogens with zero attached hydrogens (tertiary/aromatic N) is 4. The van der Waals surface area contributed by atoms with Crippen LogP contribution >= 0.6 is 0 Å². The summed E-state index contributed by atoms with van der Waals surface area (Å²) in [7, 11) is 0.936. The lowest BCUT2D eigenvalue weighted by atomic mass is 9.96. The molecule has 6 rings (SSSR count). The first-order valence-corrected chi connectivity index (χ1v) is 20.6. The molecule has 2 aliphatic rings. The largest absolute Gasteiger partial charge is 0.491 e. The van der Waals surface area contributed by atoms with Crippen LogP contribution in [0.25, 0.3) is 17.2 Å². The van der Waals surface area contributed by atoms with Gasteiger partial charge in [0.2, 0.25) is 0 Å². The highest BCUT2D eigenvalue weighted by atomic mass is 32.2. The van der Waals surface area contributed by atoms with Gasteiger partial charge in [-0.15, -0.1) is 0 Å². The summed E-state index contributed by atoms with van der Waals surface area (Å²) in [6.45, 7) is 12.9. The number of nitrogens with one attached hydrogen (secondary N) is 1. The fraction of sp³-hybridized carbons (Fsp3) is 0.442. The standard InChI is InChI=1S/C43H55N5O5S/c1-5-7-22-51-24-25-53-39-15-10-33(11-16-39)34-12-19-41-36(26-34)27-35(9-8-20-48(41)28-38-29-52-23-21-46(38)4)43(49)45-37-13-17-40(18-14-37)54(50)30-42-32(3)44-31-47(42)6-2/h10-19,26-27,31,38H,5-9,20-25,28-30H2,1-4H3,(H,45,49)/t38-,54+/m1/s1. The quantitative estimate of drug-likeness (QED) is 0.119. The van der Waals surface area contributed by atoms with Gasteiger partial charge in [0, 0.05) is 54.6 Å². The van der Waals surface area contributed by atoms with E-state index in [0.29, 0.717) is 42.6 Å². The molecule has 1 N–H and O–H groups in total. The molecule has 10 nitrogen and oxygen atoms in total. The highest BCUT2D eigenvalue weighted by Crippen LogP contribution is 2.33. The van der Waals surface area contributed by atoms with Gasteiger partial charge in [-0.25, -0.2) is 4.98 Å². The Morgan fingerprint density at radius 1 is 1.00 bits per heavy atom. The van der Waals surface area contributed by atoms with E-state index in [1.54, 1.807) is 6.33 Å². The lowest BCUT2D eigenvalue weighted by molar-refractivity contribution is -0.112. The first-order chi connectivity index (χ1) is 26.3. The van der Waals surface area contributed by atoms with E-state index in [2.05, 4.69) is 77.4 Å². The lowest BCUT2D eigenvalue weighted by Crippen LogP contribution is -2.49. The SMILES string of the molecule is CCCCOCCOc1ccc(-c2ccc3c(c2)C=C(C(=O)Nc2ccc([S@@](=O)Cc4c(C)ncn4CC)cc2)CCCN3C[C@@H]2COCCN2C)cc1. The van der Waals surface area contributed by atoms with E-state index in [-0.39, 0.29) is 11.9 Å². The summed E-state index contributed by atoms with van der Waals surface area (Å²) >= 11 is 0. The number of likely N-dealkylation sites (N-methyl/N-ethyl adjacent to an activating group) is 1. The van der Waals surface area contributed by atoms with Crippen molar-refractivity contribution in [2.75, 3.05) is 69.9 Å². The molecule has 0 spiro atoms. The summed E-state index contributed by atoms with van der Waals surface area (Å²) in [4.78, 5) is 23.8. The van der Waals surface area contributed by atoms with Gasteiger partial charge in [0.25, 0.3) is 5.91 Å². The average Bonchev–Trinajstić information content (AvgIpc) is 3.53. The summed E-state index contributed by atoms with van der Waals surface area (Å²) in [6.07, 6.45) is 7.52. The van der Waals surface area contributed by atoms with E-state index in [1.807, 2.05) is 47.9 Å². The van der Waals surface area contributed by atoms with Gasteiger partial charge in [-0.3, -0.25) is 13.9 Å². The van der Waals surface area contributed by atoms with Crippen LogP contribution in [0.15, 0.2) is 83.5 Å². The van der Waals surface area contributed by atoms with Crippen LogP contribution in [0.3, 0.4) is 0 Å². The molecule has 0 unspecified atom stereocenters. The highest BCUT2D eigenvalue weighted by Gasteiger charge is 2.25. The molecule has 0 aliphatic carbocycles. The summed E-state index contributed by atoms with van der Waals surface area (Å²) in [5, 5.41) is 3.12. The van der Waals surface area contributed by atoms with Gasteiger partial charge in [-0.2, -0.15) is 0 Å². The number of carbonyl (C=O) groups is 1. The molecule has 3 heterocycles. The first-order valence-electron chi connectivity index (χ1n) is 19.3. The van der Waals surface area contributed by atoms with Crippen molar-refractivity contribution in [2.24, 2.45) is 0 Å². The number of ether oxygens (including phenoxy) is 3. The minimum atomic E-state index is -1.23. The van der Waals surface area contributed by atoms with Crippen LogP contribution in [-0.2, 0) is 37.4 Å². The molecule has 3 aromatic carbocycles. The molecule has 2 atom stereocenters. The molecule has 11 heteroatoms. The van der Waals surface area contributed by atoms with Crippen molar-refractivity contribution in [2.45, 2.75) is 69.7 Å². The average molecular weight is 754 g/mol. The first kappa shape index (κ1) is 39.4. The molecule has 0 saturated carbocycles. The van der Waals surface area contributed by atoms with E-state index in [1.165, 1.54) is 0 Å². The Kier molecular flexibility index (Phi) is 14.1. The monoisotopic (exact) mass is 753 g/mol. The van der Waals surface area contributed by atoms with E-state index in [4.69, 9.17) is 14.2 Å². The van der Waals surface area contributed by atoms with Crippen molar-refractivity contribution in [3.05, 3.63) is 95.6 Å². The Balaban J connectivity index is 1.19. The maximum atomic E-state index is 13.9. The highest BCUT2D eigenvalue weighted by molar-refractivity contribution is 7.84. The minimum absolute atomic E-state index is 0.128. The van der Waals surface area contributed by atoms with Gasteiger partial charge in [0.15, 0.2) is 0 Å². The number of anilines is 2. The van der Waals surface area contributed by atoms with Gasteiger partial charge in [0.05, 0.1) is 60.1 Å². The molecule has 4 aromatic rings. The molecule has 1 saturated heterocycles. The van der Waals surface area contributed by atoms with Crippen LogP contribution in [0.2, 0.25) is 0 Å². The van der Waals surface area contributed by atoms with Crippen molar-refractivity contribution in [3.63, 3.8) is 0 Å². The third-order valence-corrected chi connectivity index (χ3v) is 11.6. The fourth-order valence-electron chi connectivity index (χ4n) is 6.92. The second-order valence-electron chi connectivity index (χ2n) is 14.1. The van der Waals surface area contributed by atoms with Crippen molar-refractivity contribution in [1.82, 2.24) is 14.5 Å². The molecular weight excluding hydrogens is 699 g/mol. The zero-order chi connectivity index (χ0) is 37.9. The smallest absolute Gasteiger partial charge is 0.251 e.